The molecular formula is C22H22F3N3O2. The smallest absolute Gasteiger partial charge is 0.405 e. The lowest BCUT2D eigenvalue weighted by Crippen LogP contribution is -2.37. The van der Waals surface area contributed by atoms with Crippen molar-refractivity contribution in [2.75, 3.05) is 13.1 Å². The Hall–Kier alpha value is -3.00. The number of nitrogens with one attached hydrogen (secondary N) is 2. The fourth-order valence-electron chi connectivity index (χ4n) is 3.77. The van der Waals surface area contributed by atoms with Crippen molar-refractivity contribution < 1.29 is 22.7 Å². The molecule has 30 heavy (non-hydrogen) atoms. The number of carbonyl (C=O) groups excluding carboxylic acids is 1. The van der Waals surface area contributed by atoms with Crippen LogP contribution < -0.4 is 10.1 Å². The summed E-state index contributed by atoms with van der Waals surface area (Å²) < 4.78 is 41.9. The van der Waals surface area contributed by atoms with E-state index in [1.165, 1.54) is 29.3 Å². The summed E-state index contributed by atoms with van der Waals surface area (Å²) in [6, 6.07) is 14.0. The van der Waals surface area contributed by atoms with E-state index in [1.54, 1.807) is 6.07 Å². The third-order valence-corrected chi connectivity index (χ3v) is 5.23. The van der Waals surface area contributed by atoms with E-state index >= 15 is 0 Å². The molecule has 0 bridgehead atoms. The maximum Gasteiger partial charge on any atom is 0.573 e. The predicted octanol–water partition coefficient (Wildman–Crippen LogP) is 4.38. The van der Waals surface area contributed by atoms with Crippen LogP contribution in [0.5, 0.6) is 5.75 Å². The zero-order valence-electron chi connectivity index (χ0n) is 16.4. The van der Waals surface area contributed by atoms with Gasteiger partial charge in [0.15, 0.2) is 0 Å². The van der Waals surface area contributed by atoms with Gasteiger partial charge >= 0.3 is 6.36 Å². The summed E-state index contributed by atoms with van der Waals surface area (Å²) in [6.45, 7) is 4.46. The summed E-state index contributed by atoms with van der Waals surface area (Å²) in [5.41, 5.74) is 3.06. The molecule has 0 aliphatic carbocycles. The first-order chi connectivity index (χ1) is 14.3. The normalized spacial score (nSPS) is 17.4. The maximum absolute atomic E-state index is 12.6. The quantitative estimate of drug-likeness (QED) is 0.648. The largest absolute Gasteiger partial charge is 0.573 e. The number of hydrogen-bond donors (Lipinski definition) is 2. The summed E-state index contributed by atoms with van der Waals surface area (Å²) in [4.78, 5) is 17.8. The van der Waals surface area contributed by atoms with E-state index in [4.69, 9.17) is 0 Å². The molecule has 0 spiro atoms. The standard InChI is InChI=1S/C22H22F3N3O2/c1-14-5-7-15(8-6-14)12-28-10-9-16(13-28)26-21(29)19-11-17-18(27-19)3-2-4-20(17)30-22(23,24)25/h2-8,11,16,27H,9-10,12-13H2,1H3,(H,26,29). The molecule has 1 atom stereocenters. The van der Waals surface area contributed by atoms with E-state index in [1.807, 2.05) is 6.92 Å². The number of H-pyrrole nitrogens is 1. The Kier molecular flexibility index (Phi) is 5.42. The Balaban J connectivity index is 1.40. The number of halogens is 3. The van der Waals surface area contributed by atoms with Gasteiger partial charge in [-0.3, -0.25) is 9.69 Å². The Morgan fingerprint density at radius 1 is 1.23 bits per heavy atom. The minimum atomic E-state index is -4.79. The van der Waals surface area contributed by atoms with Gasteiger partial charge in [-0.25, -0.2) is 0 Å². The van der Waals surface area contributed by atoms with Gasteiger partial charge in [0.05, 0.1) is 0 Å². The molecular weight excluding hydrogens is 395 g/mol. The van der Waals surface area contributed by atoms with Crippen LogP contribution in [-0.4, -0.2) is 41.3 Å². The second-order valence-corrected chi connectivity index (χ2v) is 7.63. The van der Waals surface area contributed by atoms with Crippen molar-refractivity contribution in [3.05, 3.63) is 65.4 Å². The molecule has 0 saturated carbocycles. The van der Waals surface area contributed by atoms with Crippen LogP contribution in [0.25, 0.3) is 10.9 Å². The van der Waals surface area contributed by atoms with Gasteiger partial charge in [-0.15, -0.1) is 13.2 Å². The van der Waals surface area contributed by atoms with Gasteiger partial charge in [0.2, 0.25) is 0 Å². The van der Waals surface area contributed by atoms with Crippen LogP contribution in [0.1, 0.15) is 28.0 Å². The minimum absolute atomic E-state index is 0.0137. The first-order valence-corrected chi connectivity index (χ1v) is 9.73. The lowest BCUT2D eigenvalue weighted by Gasteiger charge is -2.16. The van der Waals surface area contributed by atoms with Crippen LogP contribution in [0.4, 0.5) is 13.2 Å². The molecule has 4 rings (SSSR count). The number of nitrogens with zero attached hydrogens (tertiary/aromatic N) is 1. The minimum Gasteiger partial charge on any atom is -0.405 e. The molecule has 2 N–H and O–H groups in total. The molecule has 3 aromatic rings. The van der Waals surface area contributed by atoms with Crippen molar-refractivity contribution in [3.8, 4) is 5.75 Å². The average Bonchev–Trinajstić information content (AvgIpc) is 3.30. The summed E-state index contributed by atoms with van der Waals surface area (Å²) in [6.07, 6.45) is -3.97. The van der Waals surface area contributed by atoms with Crippen molar-refractivity contribution in [2.45, 2.75) is 32.3 Å². The van der Waals surface area contributed by atoms with E-state index in [9.17, 15) is 18.0 Å². The molecule has 8 heteroatoms. The first kappa shape index (κ1) is 20.3. The van der Waals surface area contributed by atoms with Crippen LogP contribution >= 0.6 is 0 Å². The molecule has 1 fully saturated rings. The van der Waals surface area contributed by atoms with Gasteiger partial charge in [-0.05, 0) is 37.1 Å². The van der Waals surface area contributed by atoms with Crippen molar-refractivity contribution in [1.82, 2.24) is 15.2 Å². The molecule has 1 aromatic heterocycles. The monoisotopic (exact) mass is 417 g/mol. The Bertz CT molecular complexity index is 1040. The summed E-state index contributed by atoms with van der Waals surface area (Å²) in [7, 11) is 0. The van der Waals surface area contributed by atoms with E-state index in [0.717, 1.165) is 26.1 Å². The molecule has 158 valence electrons. The highest BCUT2D eigenvalue weighted by molar-refractivity contribution is 5.99. The number of alkyl halides is 3. The average molecular weight is 417 g/mol. The van der Waals surface area contributed by atoms with Gasteiger partial charge < -0.3 is 15.0 Å². The fourth-order valence-corrected chi connectivity index (χ4v) is 3.77. The number of hydrogen-bond acceptors (Lipinski definition) is 3. The highest BCUT2D eigenvalue weighted by Gasteiger charge is 2.32. The highest BCUT2D eigenvalue weighted by Crippen LogP contribution is 2.31. The number of amides is 1. The predicted molar refractivity (Wildman–Crippen MR) is 107 cm³/mol. The molecule has 1 amide bonds. The second kappa shape index (κ2) is 8.02. The lowest BCUT2D eigenvalue weighted by atomic mass is 10.1. The van der Waals surface area contributed by atoms with Crippen LogP contribution in [-0.2, 0) is 6.54 Å². The number of likely N-dealkylation sites (tertiary alicyclic amines) is 1. The number of carbonyl (C=O) groups is 1. The van der Waals surface area contributed by atoms with Crippen LogP contribution in [0.15, 0.2) is 48.5 Å². The third-order valence-electron chi connectivity index (χ3n) is 5.23. The van der Waals surface area contributed by atoms with E-state index < -0.39 is 6.36 Å². The maximum atomic E-state index is 12.6. The lowest BCUT2D eigenvalue weighted by molar-refractivity contribution is -0.274. The van der Waals surface area contributed by atoms with Crippen molar-refractivity contribution in [2.24, 2.45) is 0 Å². The summed E-state index contributed by atoms with van der Waals surface area (Å²) >= 11 is 0. The van der Waals surface area contributed by atoms with Crippen molar-refractivity contribution in [1.29, 1.82) is 0 Å². The fraction of sp³-hybridized carbons (Fsp3) is 0.318. The summed E-state index contributed by atoms with van der Waals surface area (Å²) in [5.74, 6) is -0.674. The highest BCUT2D eigenvalue weighted by atomic mass is 19.4. The summed E-state index contributed by atoms with van der Waals surface area (Å²) in [5, 5.41) is 3.19. The number of fused-ring (bicyclic) bond motifs is 1. The van der Waals surface area contributed by atoms with Crippen LogP contribution in [0.3, 0.4) is 0 Å². The van der Waals surface area contributed by atoms with Gasteiger partial charge in [0, 0.05) is 36.6 Å². The third kappa shape index (κ3) is 4.76. The Labute approximate surface area is 171 Å². The molecule has 1 aliphatic rings. The molecule has 2 aromatic carbocycles. The first-order valence-electron chi connectivity index (χ1n) is 9.73. The van der Waals surface area contributed by atoms with Crippen molar-refractivity contribution in [3.63, 3.8) is 0 Å². The van der Waals surface area contributed by atoms with Gasteiger partial charge in [0.1, 0.15) is 11.4 Å². The van der Waals surface area contributed by atoms with Crippen LogP contribution in [0.2, 0.25) is 0 Å². The topological polar surface area (TPSA) is 57.4 Å². The molecule has 2 heterocycles. The van der Waals surface area contributed by atoms with E-state index in [0.29, 0.717) is 5.52 Å². The number of aryl methyl sites for hydroxylation is 1. The molecule has 1 saturated heterocycles. The number of aromatic nitrogens is 1. The zero-order chi connectivity index (χ0) is 21.3. The van der Waals surface area contributed by atoms with Crippen LogP contribution in [0, 0.1) is 6.92 Å². The molecule has 1 aliphatic heterocycles. The number of rotatable bonds is 5. The van der Waals surface area contributed by atoms with Gasteiger partial charge in [0.25, 0.3) is 5.91 Å². The van der Waals surface area contributed by atoms with Gasteiger partial charge in [-0.2, -0.15) is 0 Å². The second-order valence-electron chi connectivity index (χ2n) is 7.63. The molecule has 0 radical (unpaired) electrons. The number of ether oxygens (including phenoxy) is 1. The number of aromatic amines is 1. The number of benzene rings is 2. The Morgan fingerprint density at radius 2 is 2.00 bits per heavy atom. The Morgan fingerprint density at radius 3 is 2.73 bits per heavy atom. The molecule has 1 unspecified atom stereocenters. The molecule has 5 nitrogen and oxygen atoms in total. The SMILES string of the molecule is Cc1ccc(CN2CCC(NC(=O)c3cc4c(OC(F)(F)F)cccc4[nH]3)C2)cc1. The zero-order valence-corrected chi connectivity index (χ0v) is 16.4. The van der Waals surface area contributed by atoms with Gasteiger partial charge in [-0.1, -0.05) is 35.9 Å². The van der Waals surface area contributed by atoms with E-state index in [2.05, 4.69) is 44.2 Å². The van der Waals surface area contributed by atoms with Crippen molar-refractivity contribution >= 4 is 16.8 Å². The van der Waals surface area contributed by atoms with E-state index in [-0.39, 0.29) is 28.8 Å².